The van der Waals surface area contributed by atoms with Crippen LogP contribution in [0.25, 0.3) is 5.69 Å². The third-order valence-corrected chi connectivity index (χ3v) is 6.39. The van der Waals surface area contributed by atoms with Crippen molar-refractivity contribution in [1.29, 1.82) is 0 Å². The number of hydrogen-bond acceptors (Lipinski definition) is 5. The van der Waals surface area contributed by atoms with Crippen LogP contribution in [0.5, 0.6) is 0 Å². The van der Waals surface area contributed by atoms with Gasteiger partial charge < -0.3 is 15.2 Å². The van der Waals surface area contributed by atoms with Gasteiger partial charge in [-0.25, -0.2) is 0 Å². The Morgan fingerprint density at radius 1 is 1.18 bits per heavy atom. The monoisotopic (exact) mass is 479 g/mol. The van der Waals surface area contributed by atoms with Crippen molar-refractivity contribution in [3.63, 3.8) is 0 Å². The summed E-state index contributed by atoms with van der Waals surface area (Å²) in [6.45, 7) is 4.01. The quantitative estimate of drug-likeness (QED) is 0.397. The van der Waals surface area contributed by atoms with Gasteiger partial charge >= 0.3 is 0 Å². The van der Waals surface area contributed by atoms with Gasteiger partial charge in [0.25, 0.3) is 0 Å². The zero-order chi connectivity index (χ0) is 23.4. The predicted molar refractivity (Wildman–Crippen MR) is 134 cm³/mol. The topological polar surface area (TPSA) is 87.8 Å². The van der Waals surface area contributed by atoms with E-state index in [1.54, 1.807) is 18.3 Å². The highest BCUT2D eigenvalue weighted by molar-refractivity contribution is 8.15. The Morgan fingerprint density at radius 2 is 1.97 bits per heavy atom. The molecule has 0 saturated carbocycles. The molecule has 7 nitrogen and oxygen atoms in total. The Morgan fingerprint density at radius 3 is 2.73 bits per heavy atom. The molecule has 1 saturated heterocycles. The van der Waals surface area contributed by atoms with Gasteiger partial charge in [0.15, 0.2) is 5.17 Å². The molecule has 1 aliphatic heterocycles. The van der Waals surface area contributed by atoms with Gasteiger partial charge in [-0.15, -0.1) is 5.10 Å². The number of nitrogens with one attached hydrogen (secondary N) is 2. The van der Waals surface area contributed by atoms with E-state index in [0.717, 1.165) is 22.6 Å². The number of nitrogens with zero attached hydrogens (tertiary/aromatic N) is 3. The average molecular weight is 480 g/mol. The second-order valence-electron chi connectivity index (χ2n) is 7.51. The molecule has 2 aromatic carbocycles. The molecule has 1 atom stereocenters. The Labute approximate surface area is 200 Å². The molecule has 4 rings (SSSR count). The van der Waals surface area contributed by atoms with E-state index >= 15 is 0 Å². The zero-order valence-electron chi connectivity index (χ0n) is 18.1. The molecule has 9 heteroatoms. The number of aromatic nitrogens is 1. The van der Waals surface area contributed by atoms with Crippen molar-refractivity contribution in [1.82, 2.24) is 9.88 Å². The van der Waals surface area contributed by atoms with E-state index < -0.39 is 5.25 Å². The van der Waals surface area contributed by atoms with Gasteiger partial charge in [0.2, 0.25) is 11.8 Å². The minimum atomic E-state index is -0.546. The smallest absolute Gasteiger partial charge is 0.240 e. The van der Waals surface area contributed by atoms with Crippen LogP contribution in [-0.2, 0) is 9.59 Å². The number of amides is 2. The summed E-state index contributed by atoms with van der Waals surface area (Å²) in [6, 6.07) is 18.8. The molecule has 3 aromatic rings. The highest BCUT2D eigenvalue weighted by Gasteiger charge is 2.32. The van der Waals surface area contributed by atoms with Crippen LogP contribution in [0.4, 0.5) is 5.69 Å². The third-order valence-electron chi connectivity index (χ3n) is 5.09. The molecular formula is C24H22ClN5O2S. The molecule has 0 spiro atoms. The first-order valence-corrected chi connectivity index (χ1v) is 11.5. The van der Waals surface area contributed by atoms with Crippen molar-refractivity contribution in [3.8, 4) is 5.69 Å². The second kappa shape index (κ2) is 10.1. The summed E-state index contributed by atoms with van der Waals surface area (Å²) in [4.78, 5) is 24.5. The third kappa shape index (κ3) is 5.53. The standard InChI is InChI=1S/C24H22ClN5O2S/c1-15-11-17(16(2)30(15)20-10-6-7-18(25)12-20)14-26-29-24-28-23(32)21(33-24)13-22(31)27-19-8-4-3-5-9-19/h3-12,14,21H,13H2,1-2H3,(H,27,31)(H,28,29,32). The van der Waals surface area contributed by atoms with Gasteiger partial charge in [0.05, 0.1) is 6.21 Å². The maximum atomic E-state index is 12.2. The number of halogens is 1. The van der Waals surface area contributed by atoms with E-state index in [1.807, 2.05) is 62.4 Å². The molecule has 1 aliphatic rings. The first kappa shape index (κ1) is 22.8. The highest BCUT2D eigenvalue weighted by Crippen LogP contribution is 2.24. The summed E-state index contributed by atoms with van der Waals surface area (Å²) in [5, 5.41) is 14.3. The maximum absolute atomic E-state index is 12.2. The molecule has 0 aliphatic carbocycles. The van der Waals surface area contributed by atoms with Crippen molar-refractivity contribution < 1.29 is 9.59 Å². The van der Waals surface area contributed by atoms with E-state index in [-0.39, 0.29) is 18.2 Å². The predicted octanol–water partition coefficient (Wildman–Crippen LogP) is 4.70. The summed E-state index contributed by atoms with van der Waals surface area (Å²) in [6.07, 6.45) is 1.70. The van der Waals surface area contributed by atoms with Crippen LogP contribution in [0.1, 0.15) is 23.4 Å². The number of thioether (sulfide) groups is 1. The van der Waals surface area contributed by atoms with Crippen LogP contribution >= 0.6 is 23.4 Å². The Kier molecular flexibility index (Phi) is 6.96. The van der Waals surface area contributed by atoms with E-state index in [9.17, 15) is 9.59 Å². The molecule has 2 heterocycles. The molecule has 1 unspecified atom stereocenters. The van der Waals surface area contributed by atoms with Crippen molar-refractivity contribution in [2.24, 2.45) is 10.2 Å². The molecule has 2 amide bonds. The normalized spacial score (nSPS) is 17.0. The van der Waals surface area contributed by atoms with Crippen LogP contribution in [0.2, 0.25) is 5.02 Å². The van der Waals surface area contributed by atoms with Crippen LogP contribution in [0.15, 0.2) is 70.9 Å². The number of para-hydroxylation sites is 1. The lowest BCUT2D eigenvalue weighted by atomic mass is 10.2. The SMILES string of the molecule is Cc1cc(C=N/N=C2/NC(=O)C(CC(=O)Nc3ccccc3)S2)c(C)n1-c1cccc(Cl)c1. The molecule has 0 radical (unpaired) electrons. The Bertz CT molecular complexity index is 1250. The zero-order valence-corrected chi connectivity index (χ0v) is 19.7. The molecule has 0 bridgehead atoms. The summed E-state index contributed by atoms with van der Waals surface area (Å²) < 4.78 is 2.09. The summed E-state index contributed by atoms with van der Waals surface area (Å²) in [5.41, 5.74) is 4.61. The van der Waals surface area contributed by atoms with Crippen LogP contribution in [0, 0.1) is 13.8 Å². The Hall–Kier alpha value is -3.36. The lowest BCUT2D eigenvalue weighted by Crippen LogP contribution is -2.28. The minimum absolute atomic E-state index is 0.0505. The van der Waals surface area contributed by atoms with Crippen molar-refractivity contribution in [2.75, 3.05) is 5.32 Å². The van der Waals surface area contributed by atoms with Crippen molar-refractivity contribution in [2.45, 2.75) is 25.5 Å². The lowest BCUT2D eigenvalue weighted by Gasteiger charge is -2.09. The fourth-order valence-electron chi connectivity index (χ4n) is 3.56. The van der Waals surface area contributed by atoms with Gasteiger partial charge in [0, 0.05) is 39.8 Å². The fourth-order valence-corrected chi connectivity index (χ4v) is 4.67. The van der Waals surface area contributed by atoms with E-state index in [4.69, 9.17) is 11.6 Å². The fraction of sp³-hybridized carbons (Fsp3) is 0.167. The van der Waals surface area contributed by atoms with E-state index in [1.165, 1.54) is 11.8 Å². The molecule has 2 N–H and O–H groups in total. The van der Waals surface area contributed by atoms with Gasteiger partial charge in [-0.2, -0.15) is 5.10 Å². The largest absolute Gasteiger partial charge is 0.326 e. The lowest BCUT2D eigenvalue weighted by molar-refractivity contribution is -0.122. The van der Waals surface area contributed by atoms with Crippen LogP contribution < -0.4 is 10.6 Å². The maximum Gasteiger partial charge on any atom is 0.240 e. The number of benzene rings is 2. The molecule has 168 valence electrons. The van der Waals surface area contributed by atoms with Crippen molar-refractivity contribution in [3.05, 3.63) is 82.6 Å². The number of aryl methyl sites for hydroxylation is 1. The Balaban J connectivity index is 1.40. The first-order chi connectivity index (χ1) is 15.9. The first-order valence-electron chi connectivity index (χ1n) is 10.3. The average Bonchev–Trinajstić information content (AvgIpc) is 3.26. The van der Waals surface area contributed by atoms with Gasteiger partial charge in [-0.3, -0.25) is 9.59 Å². The van der Waals surface area contributed by atoms with Gasteiger partial charge in [0.1, 0.15) is 5.25 Å². The number of amidine groups is 1. The van der Waals surface area contributed by atoms with E-state index in [2.05, 4.69) is 25.4 Å². The van der Waals surface area contributed by atoms with Crippen LogP contribution in [-0.4, -0.2) is 33.0 Å². The minimum Gasteiger partial charge on any atom is -0.326 e. The number of rotatable bonds is 6. The highest BCUT2D eigenvalue weighted by atomic mass is 35.5. The number of hydrogen-bond donors (Lipinski definition) is 2. The van der Waals surface area contributed by atoms with Gasteiger partial charge in [-0.05, 0) is 50.2 Å². The molecule has 1 fully saturated rings. The molecule has 1 aromatic heterocycles. The summed E-state index contributed by atoms with van der Waals surface area (Å²) in [5.74, 6) is -0.483. The van der Waals surface area contributed by atoms with Crippen molar-refractivity contribution >= 4 is 52.2 Å². The summed E-state index contributed by atoms with van der Waals surface area (Å²) in [7, 11) is 0. The number of carbonyl (C=O) groups excluding carboxylic acids is 2. The number of anilines is 1. The molecular weight excluding hydrogens is 458 g/mol. The molecule has 33 heavy (non-hydrogen) atoms. The number of carbonyl (C=O) groups is 2. The van der Waals surface area contributed by atoms with Gasteiger partial charge in [-0.1, -0.05) is 47.6 Å². The summed E-state index contributed by atoms with van der Waals surface area (Å²) >= 11 is 7.34. The van der Waals surface area contributed by atoms with E-state index in [0.29, 0.717) is 15.9 Å². The van der Waals surface area contributed by atoms with Crippen LogP contribution in [0.3, 0.4) is 0 Å². The second-order valence-corrected chi connectivity index (χ2v) is 9.13.